The van der Waals surface area contributed by atoms with Crippen molar-refractivity contribution in [2.75, 3.05) is 0 Å². The second-order valence-electron chi connectivity index (χ2n) is 11.4. The summed E-state index contributed by atoms with van der Waals surface area (Å²) in [6.45, 7) is 26.0. The van der Waals surface area contributed by atoms with Gasteiger partial charge in [0.2, 0.25) is 0 Å². The molecule has 0 aliphatic heterocycles. The fourth-order valence-electron chi connectivity index (χ4n) is 5.17. The van der Waals surface area contributed by atoms with Crippen molar-refractivity contribution in [3.05, 3.63) is 40.4 Å². The van der Waals surface area contributed by atoms with E-state index in [2.05, 4.69) is 115 Å². The largest absolute Gasteiger partial charge is 0.247 e. The standard InChI is InChI=1S/C30H49NSi2/c1-12-14-16-30(32(9,10)11)28(15-13-2)19-17-27-18-20-29(31-23-27)21-22-33(24(3)4,25(5)6)26(7)8/h18,20,23-26H,12-16H2,1-11H3/b30-28-. The Balaban J connectivity index is 3.29. The molecule has 1 aromatic rings. The Kier molecular flexibility index (Phi) is 11.9. The molecular weight excluding hydrogens is 431 g/mol. The van der Waals surface area contributed by atoms with E-state index >= 15 is 0 Å². The fraction of sp³-hybridized carbons (Fsp3) is 0.633. The van der Waals surface area contributed by atoms with E-state index in [1.165, 1.54) is 24.8 Å². The van der Waals surface area contributed by atoms with Gasteiger partial charge in [0, 0.05) is 11.8 Å². The predicted octanol–water partition coefficient (Wildman–Crippen LogP) is 9.17. The Hall–Kier alpha value is -1.56. The van der Waals surface area contributed by atoms with E-state index in [0.29, 0.717) is 16.6 Å². The first-order valence-electron chi connectivity index (χ1n) is 13.1. The molecule has 0 aliphatic rings. The van der Waals surface area contributed by atoms with E-state index in [4.69, 9.17) is 0 Å². The Morgan fingerprint density at radius 3 is 1.88 bits per heavy atom. The van der Waals surface area contributed by atoms with E-state index in [-0.39, 0.29) is 0 Å². The first kappa shape index (κ1) is 29.5. The average Bonchev–Trinajstić information content (AvgIpc) is 2.71. The van der Waals surface area contributed by atoms with Gasteiger partial charge in [-0.3, -0.25) is 0 Å². The highest BCUT2D eigenvalue weighted by Crippen LogP contribution is 2.40. The number of pyridine rings is 1. The zero-order valence-electron chi connectivity index (χ0n) is 23.4. The second-order valence-corrected chi connectivity index (χ2v) is 22.1. The first-order valence-corrected chi connectivity index (χ1v) is 18.9. The number of hydrogen-bond donors (Lipinski definition) is 0. The molecular formula is C30H49NSi2. The molecule has 1 heterocycles. The first-order chi connectivity index (χ1) is 15.4. The van der Waals surface area contributed by atoms with Gasteiger partial charge in [-0.2, -0.15) is 0 Å². The number of aromatic nitrogens is 1. The lowest BCUT2D eigenvalue weighted by atomic mass is 10.1. The van der Waals surface area contributed by atoms with Gasteiger partial charge in [-0.1, -0.05) is 117 Å². The molecule has 0 N–H and O–H groups in total. The van der Waals surface area contributed by atoms with Crippen LogP contribution in [-0.4, -0.2) is 21.1 Å². The zero-order chi connectivity index (χ0) is 25.2. The molecule has 0 saturated carbocycles. The average molecular weight is 480 g/mol. The quantitative estimate of drug-likeness (QED) is 0.254. The number of hydrogen-bond acceptors (Lipinski definition) is 1. The van der Waals surface area contributed by atoms with Crippen molar-refractivity contribution in [3.63, 3.8) is 0 Å². The summed E-state index contributed by atoms with van der Waals surface area (Å²) in [4.78, 5) is 4.67. The van der Waals surface area contributed by atoms with Crippen molar-refractivity contribution in [3.8, 4) is 23.3 Å². The molecule has 0 radical (unpaired) electrons. The van der Waals surface area contributed by atoms with Crippen LogP contribution in [0, 0.1) is 23.3 Å². The van der Waals surface area contributed by atoms with Crippen molar-refractivity contribution >= 4 is 16.1 Å². The van der Waals surface area contributed by atoms with E-state index in [1.54, 1.807) is 5.20 Å². The Morgan fingerprint density at radius 1 is 0.848 bits per heavy atom. The lowest BCUT2D eigenvalue weighted by Crippen LogP contribution is -2.43. The fourth-order valence-corrected chi connectivity index (χ4v) is 12.4. The molecule has 0 unspecified atom stereocenters. The molecule has 182 valence electrons. The minimum absolute atomic E-state index is 0.632. The molecule has 1 aromatic heterocycles. The van der Waals surface area contributed by atoms with Crippen molar-refractivity contribution < 1.29 is 0 Å². The van der Waals surface area contributed by atoms with Gasteiger partial charge in [-0.25, -0.2) is 4.98 Å². The van der Waals surface area contributed by atoms with E-state index in [1.807, 2.05) is 6.20 Å². The van der Waals surface area contributed by atoms with Crippen LogP contribution >= 0.6 is 0 Å². The van der Waals surface area contributed by atoms with Crippen LogP contribution in [0.2, 0.25) is 36.3 Å². The molecule has 1 rings (SSSR count). The second kappa shape index (κ2) is 13.4. The SMILES string of the molecule is CCCC/C(=C(/C#Cc1ccc(C#C[Si](C(C)C)(C(C)C)C(C)C)nc1)CCC)[Si](C)(C)C. The lowest BCUT2D eigenvalue weighted by molar-refractivity contribution is 0.792. The van der Waals surface area contributed by atoms with Crippen LogP contribution in [0.3, 0.4) is 0 Å². The third-order valence-electron chi connectivity index (χ3n) is 6.94. The van der Waals surface area contributed by atoms with E-state index in [9.17, 15) is 0 Å². The topological polar surface area (TPSA) is 12.9 Å². The molecule has 0 amide bonds. The van der Waals surface area contributed by atoms with Crippen LogP contribution in [-0.2, 0) is 0 Å². The number of rotatable bonds is 9. The van der Waals surface area contributed by atoms with Crippen LogP contribution in [0.25, 0.3) is 0 Å². The molecule has 0 aliphatic carbocycles. The molecule has 0 spiro atoms. The Labute approximate surface area is 208 Å². The monoisotopic (exact) mass is 479 g/mol. The maximum atomic E-state index is 4.67. The molecule has 0 bridgehead atoms. The smallest absolute Gasteiger partial charge is 0.146 e. The maximum absolute atomic E-state index is 4.67. The molecule has 0 atom stereocenters. The summed E-state index contributed by atoms with van der Waals surface area (Å²) in [6, 6.07) is 4.15. The van der Waals surface area contributed by atoms with Gasteiger partial charge in [0.15, 0.2) is 0 Å². The highest BCUT2D eigenvalue weighted by molar-refractivity contribution is 6.90. The summed E-state index contributed by atoms with van der Waals surface area (Å²) >= 11 is 0. The summed E-state index contributed by atoms with van der Waals surface area (Å²) < 4.78 is 0. The van der Waals surface area contributed by atoms with Crippen molar-refractivity contribution in [2.45, 2.75) is 124 Å². The lowest BCUT2D eigenvalue weighted by Gasteiger charge is -2.38. The minimum Gasteiger partial charge on any atom is -0.247 e. The number of nitrogens with zero attached hydrogens (tertiary/aromatic N) is 1. The molecule has 0 saturated heterocycles. The maximum Gasteiger partial charge on any atom is 0.146 e. The van der Waals surface area contributed by atoms with E-state index in [0.717, 1.165) is 24.1 Å². The number of allylic oxidation sites excluding steroid dienone is 2. The third kappa shape index (κ3) is 8.31. The van der Waals surface area contributed by atoms with Gasteiger partial charge in [0.05, 0.1) is 8.07 Å². The van der Waals surface area contributed by atoms with Gasteiger partial charge in [-0.05, 0) is 47.2 Å². The third-order valence-corrected chi connectivity index (χ3v) is 15.6. The summed E-state index contributed by atoms with van der Waals surface area (Å²) in [5.41, 5.74) is 8.91. The normalized spacial score (nSPS) is 12.9. The van der Waals surface area contributed by atoms with Crippen LogP contribution in [0.1, 0.15) is 98.8 Å². The zero-order valence-corrected chi connectivity index (χ0v) is 25.4. The van der Waals surface area contributed by atoms with Gasteiger partial charge in [-0.15, -0.1) is 5.54 Å². The molecule has 0 fully saturated rings. The molecule has 0 aromatic carbocycles. The Bertz CT molecular complexity index is 869. The number of unbranched alkanes of at least 4 members (excludes halogenated alkanes) is 1. The highest BCUT2D eigenvalue weighted by atomic mass is 28.3. The van der Waals surface area contributed by atoms with Gasteiger partial charge in [0.25, 0.3) is 0 Å². The van der Waals surface area contributed by atoms with Crippen LogP contribution in [0.15, 0.2) is 29.1 Å². The summed E-state index contributed by atoms with van der Waals surface area (Å²) in [6.07, 6.45) is 7.84. The van der Waals surface area contributed by atoms with Gasteiger partial charge >= 0.3 is 0 Å². The molecule has 33 heavy (non-hydrogen) atoms. The summed E-state index contributed by atoms with van der Waals surface area (Å²) in [7, 11) is -3.12. The van der Waals surface area contributed by atoms with Gasteiger partial charge in [0.1, 0.15) is 13.8 Å². The van der Waals surface area contributed by atoms with Crippen LogP contribution in [0.4, 0.5) is 0 Å². The molecule has 3 heteroatoms. The van der Waals surface area contributed by atoms with Gasteiger partial charge < -0.3 is 0 Å². The van der Waals surface area contributed by atoms with Crippen molar-refractivity contribution in [1.82, 2.24) is 4.98 Å². The minimum atomic E-state index is -1.74. The van der Waals surface area contributed by atoms with Crippen molar-refractivity contribution in [2.24, 2.45) is 0 Å². The van der Waals surface area contributed by atoms with Crippen LogP contribution in [0.5, 0.6) is 0 Å². The highest BCUT2D eigenvalue weighted by Gasteiger charge is 2.41. The van der Waals surface area contributed by atoms with E-state index < -0.39 is 16.1 Å². The van der Waals surface area contributed by atoms with Crippen LogP contribution < -0.4 is 0 Å². The van der Waals surface area contributed by atoms with Crippen molar-refractivity contribution in [1.29, 1.82) is 0 Å². The predicted molar refractivity (Wildman–Crippen MR) is 154 cm³/mol. The Morgan fingerprint density at radius 2 is 1.45 bits per heavy atom. The summed E-state index contributed by atoms with van der Waals surface area (Å²) in [5.74, 6) is 10.4. The molecule has 1 nitrogen and oxygen atoms in total. The summed E-state index contributed by atoms with van der Waals surface area (Å²) in [5, 5.41) is 1.66.